The van der Waals surface area contributed by atoms with Crippen LogP contribution in [0.4, 0.5) is 5.69 Å². The molecule has 0 fully saturated rings. The average molecular weight is 296 g/mol. The molecule has 4 nitrogen and oxygen atoms in total. The number of rotatable bonds is 4. The van der Waals surface area contributed by atoms with Gasteiger partial charge in [0.25, 0.3) is 0 Å². The van der Waals surface area contributed by atoms with Gasteiger partial charge in [0.05, 0.1) is 24.8 Å². The maximum atomic E-state index is 12.3. The molecule has 1 amide bonds. The molecule has 0 radical (unpaired) electrons. The van der Waals surface area contributed by atoms with Gasteiger partial charge in [-0.1, -0.05) is 42.5 Å². The van der Waals surface area contributed by atoms with E-state index in [9.17, 15) is 4.79 Å². The number of para-hydroxylation sites is 2. The number of fused-ring (bicyclic) bond motifs is 1. The molecular formula is C18H20N2O2. The molecule has 0 bridgehead atoms. The van der Waals surface area contributed by atoms with Crippen LogP contribution in [0.1, 0.15) is 18.5 Å². The molecule has 1 N–H and O–H groups in total. The van der Waals surface area contributed by atoms with Crippen molar-refractivity contribution in [2.75, 3.05) is 24.6 Å². The molecule has 1 aliphatic rings. The number of hydrogen-bond acceptors (Lipinski definition) is 3. The van der Waals surface area contributed by atoms with Crippen molar-refractivity contribution in [1.29, 1.82) is 0 Å². The molecule has 0 saturated carbocycles. The van der Waals surface area contributed by atoms with Crippen LogP contribution in [0.3, 0.4) is 0 Å². The number of hydrogen-bond donors (Lipinski definition) is 1. The van der Waals surface area contributed by atoms with Gasteiger partial charge in [-0.2, -0.15) is 0 Å². The highest BCUT2D eigenvalue weighted by Gasteiger charge is 2.20. The van der Waals surface area contributed by atoms with Crippen molar-refractivity contribution in [3.05, 3.63) is 60.2 Å². The summed E-state index contributed by atoms with van der Waals surface area (Å²) < 4.78 is 5.61. The summed E-state index contributed by atoms with van der Waals surface area (Å²) in [5.74, 6) is 0.866. The van der Waals surface area contributed by atoms with E-state index in [4.69, 9.17) is 4.74 Å². The van der Waals surface area contributed by atoms with Crippen LogP contribution in [0, 0.1) is 0 Å². The molecule has 0 aromatic heterocycles. The second-order valence-electron chi connectivity index (χ2n) is 5.44. The van der Waals surface area contributed by atoms with Gasteiger partial charge in [-0.05, 0) is 24.6 Å². The minimum absolute atomic E-state index is 0.00462. The predicted octanol–water partition coefficient (Wildman–Crippen LogP) is 2.76. The predicted molar refractivity (Wildman–Crippen MR) is 87.1 cm³/mol. The summed E-state index contributed by atoms with van der Waals surface area (Å²) in [4.78, 5) is 14.4. The summed E-state index contributed by atoms with van der Waals surface area (Å²) in [7, 11) is 0. The first-order chi connectivity index (χ1) is 10.7. The van der Waals surface area contributed by atoms with Crippen LogP contribution in [0.2, 0.25) is 0 Å². The SMILES string of the molecule is C[C@H](NC(=O)CN1CCOc2ccccc21)c1ccccc1. The zero-order valence-corrected chi connectivity index (χ0v) is 12.7. The molecule has 1 atom stereocenters. The van der Waals surface area contributed by atoms with Crippen molar-refractivity contribution >= 4 is 11.6 Å². The van der Waals surface area contributed by atoms with E-state index < -0.39 is 0 Å². The largest absolute Gasteiger partial charge is 0.490 e. The van der Waals surface area contributed by atoms with E-state index in [-0.39, 0.29) is 11.9 Å². The Morgan fingerprint density at radius 3 is 2.73 bits per heavy atom. The van der Waals surface area contributed by atoms with Crippen molar-refractivity contribution in [2.45, 2.75) is 13.0 Å². The molecule has 22 heavy (non-hydrogen) atoms. The standard InChI is InChI=1S/C18H20N2O2/c1-14(15-7-3-2-4-8-15)19-18(21)13-20-11-12-22-17-10-6-5-9-16(17)20/h2-10,14H,11-13H2,1H3,(H,19,21)/t14-/m0/s1. The normalized spacial score (nSPS) is 14.7. The molecule has 2 aromatic carbocycles. The Labute approximate surface area is 130 Å². The summed E-state index contributed by atoms with van der Waals surface area (Å²) in [6, 6.07) is 17.8. The van der Waals surface area contributed by atoms with Crippen molar-refractivity contribution in [1.82, 2.24) is 5.32 Å². The maximum absolute atomic E-state index is 12.3. The average Bonchev–Trinajstić information content (AvgIpc) is 2.56. The fraction of sp³-hybridized carbons (Fsp3) is 0.278. The number of nitrogens with zero attached hydrogens (tertiary/aromatic N) is 1. The monoisotopic (exact) mass is 296 g/mol. The Balaban J connectivity index is 1.63. The van der Waals surface area contributed by atoms with Crippen molar-refractivity contribution < 1.29 is 9.53 Å². The van der Waals surface area contributed by atoms with Gasteiger partial charge in [-0.25, -0.2) is 0 Å². The zero-order valence-electron chi connectivity index (χ0n) is 12.7. The third-order valence-electron chi connectivity index (χ3n) is 3.84. The zero-order chi connectivity index (χ0) is 15.4. The van der Waals surface area contributed by atoms with Gasteiger partial charge in [0.1, 0.15) is 12.4 Å². The first kappa shape index (κ1) is 14.4. The van der Waals surface area contributed by atoms with Crippen LogP contribution < -0.4 is 15.0 Å². The number of amides is 1. The van der Waals surface area contributed by atoms with Gasteiger partial charge in [0, 0.05) is 0 Å². The molecule has 2 aromatic rings. The van der Waals surface area contributed by atoms with Crippen molar-refractivity contribution in [3.63, 3.8) is 0 Å². The summed E-state index contributed by atoms with van der Waals surface area (Å²) >= 11 is 0. The molecule has 0 spiro atoms. The van der Waals surface area contributed by atoms with Gasteiger partial charge < -0.3 is 15.0 Å². The van der Waals surface area contributed by atoms with Gasteiger partial charge in [-0.3, -0.25) is 4.79 Å². The fourth-order valence-corrected chi connectivity index (χ4v) is 2.68. The van der Waals surface area contributed by atoms with Gasteiger partial charge in [0.15, 0.2) is 0 Å². The Hall–Kier alpha value is -2.49. The fourth-order valence-electron chi connectivity index (χ4n) is 2.68. The molecular weight excluding hydrogens is 276 g/mol. The van der Waals surface area contributed by atoms with Crippen LogP contribution in [-0.2, 0) is 4.79 Å². The third kappa shape index (κ3) is 3.22. The van der Waals surface area contributed by atoms with E-state index in [1.165, 1.54) is 0 Å². The lowest BCUT2D eigenvalue weighted by atomic mass is 10.1. The number of carbonyl (C=O) groups excluding carboxylic acids is 1. The van der Waals surface area contributed by atoms with Crippen LogP contribution in [0.25, 0.3) is 0 Å². The van der Waals surface area contributed by atoms with E-state index >= 15 is 0 Å². The number of ether oxygens (including phenoxy) is 1. The molecule has 1 aliphatic heterocycles. The Morgan fingerprint density at radius 1 is 1.18 bits per heavy atom. The van der Waals surface area contributed by atoms with Crippen LogP contribution in [0.15, 0.2) is 54.6 Å². The summed E-state index contributed by atoms with van der Waals surface area (Å²) in [5.41, 5.74) is 2.09. The number of anilines is 1. The lowest BCUT2D eigenvalue weighted by molar-refractivity contribution is -0.120. The lowest BCUT2D eigenvalue weighted by Crippen LogP contribution is -2.41. The van der Waals surface area contributed by atoms with Gasteiger partial charge >= 0.3 is 0 Å². The number of nitrogens with one attached hydrogen (secondary N) is 1. The van der Waals surface area contributed by atoms with Crippen LogP contribution in [0.5, 0.6) is 5.75 Å². The summed E-state index contributed by atoms with van der Waals surface area (Å²) in [5, 5.41) is 3.05. The van der Waals surface area contributed by atoms with E-state index in [0.29, 0.717) is 13.2 Å². The summed E-state index contributed by atoms with van der Waals surface area (Å²) in [6.07, 6.45) is 0. The topological polar surface area (TPSA) is 41.6 Å². The first-order valence-electron chi connectivity index (χ1n) is 7.55. The summed E-state index contributed by atoms with van der Waals surface area (Å²) in [6.45, 7) is 3.68. The molecule has 114 valence electrons. The second-order valence-corrected chi connectivity index (χ2v) is 5.44. The minimum Gasteiger partial charge on any atom is -0.490 e. The Morgan fingerprint density at radius 2 is 1.91 bits per heavy atom. The highest BCUT2D eigenvalue weighted by Crippen LogP contribution is 2.30. The number of carbonyl (C=O) groups is 1. The lowest BCUT2D eigenvalue weighted by Gasteiger charge is -2.31. The quantitative estimate of drug-likeness (QED) is 0.943. The maximum Gasteiger partial charge on any atom is 0.239 e. The minimum atomic E-state index is 0.00462. The van der Waals surface area contributed by atoms with E-state index in [2.05, 4.69) is 10.2 Å². The van der Waals surface area contributed by atoms with E-state index in [1.54, 1.807) is 0 Å². The van der Waals surface area contributed by atoms with Crippen molar-refractivity contribution in [3.8, 4) is 5.75 Å². The Kier molecular flexibility index (Phi) is 4.28. The highest BCUT2D eigenvalue weighted by molar-refractivity contribution is 5.82. The van der Waals surface area contributed by atoms with Gasteiger partial charge in [-0.15, -0.1) is 0 Å². The molecule has 0 unspecified atom stereocenters. The molecule has 4 heteroatoms. The molecule has 0 saturated heterocycles. The van der Waals surface area contributed by atoms with E-state index in [0.717, 1.165) is 23.5 Å². The smallest absolute Gasteiger partial charge is 0.239 e. The number of benzene rings is 2. The Bertz CT molecular complexity index is 643. The highest BCUT2D eigenvalue weighted by atomic mass is 16.5. The molecule has 3 rings (SSSR count). The van der Waals surface area contributed by atoms with E-state index in [1.807, 2.05) is 61.5 Å². The molecule has 1 heterocycles. The van der Waals surface area contributed by atoms with Crippen molar-refractivity contribution in [2.24, 2.45) is 0 Å². The van der Waals surface area contributed by atoms with Crippen LogP contribution >= 0.6 is 0 Å². The molecule has 0 aliphatic carbocycles. The first-order valence-corrected chi connectivity index (χ1v) is 7.55. The second kappa shape index (κ2) is 6.52. The third-order valence-corrected chi connectivity index (χ3v) is 3.84. The van der Waals surface area contributed by atoms with Crippen LogP contribution in [-0.4, -0.2) is 25.6 Å². The van der Waals surface area contributed by atoms with Gasteiger partial charge in [0.2, 0.25) is 5.91 Å².